The zero-order chi connectivity index (χ0) is 18.3. The highest BCUT2D eigenvalue weighted by atomic mass is 19.1. The van der Waals surface area contributed by atoms with E-state index >= 15 is 0 Å². The third kappa shape index (κ3) is 2.60. The van der Waals surface area contributed by atoms with Gasteiger partial charge in [0.2, 0.25) is 0 Å². The number of pyridine rings is 1. The average Bonchev–Trinajstić information content (AvgIpc) is 3.42. The fourth-order valence-corrected chi connectivity index (χ4v) is 3.57. The first-order valence-corrected chi connectivity index (χ1v) is 8.33. The molecule has 2 aliphatic rings. The van der Waals surface area contributed by atoms with Gasteiger partial charge in [-0.05, 0) is 37.1 Å². The molecule has 2 heterocycles. The van der Waals surface area contributed by atoms with Crippen LogP contribution in [0.3, 0.4) is 0 Å². The zero-order valence-electron chi connectivity index (χ0n) is 14.2. The van der Waals surface area contributed by atoms with Gasteiger partial charge >= 0.3 is 0 Å². The number of benzene rings is 1. The van der Waals surface area contributed by atoms with E-state index in [9.17, 15) is 8.78 Å². The normalized spacial score (nSPS) is 26.0. The molecule has 1 aromatic carbocycles. The van der Waals surface area contributed by atoms with E-state index in [1.165, 1.54) is 6.07 Å². The molecule has 2 aromatic rings. The van der Waals surface area contributed by atoms with Gasteiger partial charge < -0.3 is 10.5 Å². The van der Waals surface area contributed by atoms with Crippen molar-refractivity contribution < 1.29 is 13.5 Å². The van der Waals surface area contributed by atoms with Gasteiger partial charge in [-0.15, -0.1) is 5.92 Å². The van der Waals surface area contributed by atoms with Crippen molar-refractivity contribution in [2.75, 3.05) is 6.67 Å². The third-order valence-corrected chi connectivity index (χ3v) is 4.90. The fraction of sp³-hybridized carbons (Fsp3) is 0.300. The summed E-state index contributed by atoms with van der Waals surface area (Å²) in [6.07, 6.45) is 3.74. The van der Waals surface area contributed by atoms with Gasteiger partial charge in [0, 0.05) is 35.0 Å². The number of fused-ring (bicyclic) bond motifs is 1. The number of rotatable bonds is 3. The van der Waals surface area contributed by atoms with Gasteiger partial charge in [0.05, 0.1) is 0 Å². The van der Waals surface area contributed by atoms with Crippen LogP contribution in [0.4, 0.5) is 8.78 Å². The molecule has 0 saturated heterocycles. The van der Waals surface area contributed by atoms with Crippen molar-refractivity contribution in [3.63, 3.8) is 0 Å². The van der Waals surface area contributed by atoms with Crippen LogP contribution in [-0.4, -0.2) is 23.8 Å². The number of hydrogen-bond donors (Lipinski definition) is 1. The number of aromatic nitrogens is 1. The van der Waals surface area contributed by atoms with E-state index < -0.39 is 18.0 Å². The van der Waals surface area contributed by atoms with Crippen molar-refractivity contribution >= 4 is 6.02 Å². The first-order chi connectivity index (χ1) is 12.6. The molecule has 2 N–H and O–H groups in total. The Bertz CT molecular complexity index is 963. The summed E-state index contributed by atoms with van der Waals surface area (Å²) < 4.78 is 34.1. The van der Waals surface area contributed by atoms with Crippen LogP contribution < -0.4 is 5.73 Å². The minimum absolute atomic E-state index is 0.0897. The molecular formula is C20H17F2N3O. The van der Waals surface area contributed by atoms with Crippen molar-refractivity contribution in [1.82, 2.24) is 4.98 Å². The van der Waals surface area contributed by atoms with Crippen LogP contribution in [0.25, 0.3) is 11.1 Å². The van der Waals surface area contributed by atoms with Gasteiger partial charge in [0.25, 0.3) is 6.02 Å². The number of hydrogen-bond acceptors (Lipinski definition) is 4. The zero-order valence-corrected chi connectivity index (χ0v) is 14.2. The van der Waals surface area contributed by atoms with Gasteiger partial charge in [-0.2, -0.15) is 0 Å². The number of nitrogens with two attached hydrogens (primary N) is 1. The van der Waals surface area contributed by atoms with Crippen molar-refractivity contribution in [2.24, 2.45) is 16.6 Å². The van der Waals surface area contributed by atoms with Crippen molar-refractivity contribution in [3.05, 3.63) is 53.6 Å². The SMILES string of the molecule is CC#Cc1cncc(-c2ccc(F)c(C3(CF)N=C(N)OC4CC43)c2)c1. The molecule has 1 fully saturated rings. The standard InChI is InChI=1S/C20H17F2N3O/c1-2-3-12-6-14(10-24-9-12)13-4-5-17(22)15(7-13)20(11-21)16-8-18(16)26-19(23)25-20/h4-7,9-10,16,18H,8,11H2,1H3,(H2,23,25). The van der Waals surface area contributed by atoms with E-state index in [1.807, 2.05) is 6.07 Å². The Morgan fingerprint density at radius 2 is 2.15 bits per heavy atom. The Balaban J connectivity index is 1.83. The van der Waals surface area contributed by atoms with Gasteiger partial charge in [-0.3, -0.25) is 4.98 Å². The third-order valence-electron chi connectivity index (χ3n) is 4.90. The Kier molecular flexibility index (Phi) is 3.87. The Hall–Kier alpha value is -2.94. The number of alkyl halides is 1. The molecular weight excluding hydrogens is 336 g/mol. The number of nitrogens with zero attached hydrogens (tertiary/aromatic N) is 2. The lowest BCUT2D eigenvalue weighted by molar-refractivity contribution is 0.168. The molecule has 3 atom stereocenters. The summed E-state index contributed by atoms with van der Waals surface area (Å²) in [5.41, 5.74) is 6.82. The largest absolute Gasteiger partial charge is 0.462 e. The van der Waals surface area contributed by atoms with Crippen LogP contribution >= 0.6 is 0 Å². The lowest BCUT2D eigenvalue weighted by atomic mass is 9.84. The molecule has 1 aromatic heterocycles. The quantitative estimate of drug-likeness (QED) is 0.863. The number of halogens is 2. The van der Waals surface area contributed by atoms with E-state index in [-0.39, 0.29) is 23.6 Å². The second-order valence-electron chi connectivity index (χ2n) is 6.54. The van der Waals surface area contributed by atoms with E-state index in [0.717, 1.165) is 16.7 Å². The van der Waals surface area contributed by atoms with Gasteiger partial charge in [-0.25, -0.2) is 13.8 Å². The van der Waals surface area contributed by atoms with Gasteiger partial charge in [0.15, 0.2) is 0 Å². The smallest absolute Gasteiger partial charge is 0.283 e. The highest BCUT2D eigenvalue weighted by Gasteiger charge is 2.60. The molecule has 0 amide bonds. The first kappa shape index (κ1) is 16.5. The maximum atomic E-state index is 14.7. The first-order valence-electron chi connectivity index (χ1n) is 8.33. The highest BCUT2D eigenvalue weighted by molar-refractivity contribution is 5.74. The number of ether oxygens (including phenoxy) is 1. The summed E-state index contributed by atoms with van der Waals surface area (Å²) in [6, 6.07) is 6.38. The van der Waals surface area contributed by atoms with Crippen molar-refractivity contribution in [3.8, 4) is 23.0 Å². The van der Waals surface area contributed by atoms with Crippen LogP contribution in [0.5, 0.6) is 0 Å². The Morgan fingerprint density at radius 1 is 1.31 bits per heavy atom. The van der Waals surface area contributed by atoms with Crippen LogP contribution in [0.1, 0.15) is 24.5 Å². The summed E-state index contributed by atoms with van der Waals surface area (Å²) >= 11 is 0. The maximum absolute atomic E-state index is 14.7. The van der Waals surface area contributed by atoms with Crippen LogP contribution in [0, 0.1) is 23.6 Å². The number of amidine groups is 1. The molecule has 1 saturated carbocycles. The summed E-state index contributed by atoms with van der Waals surface area (Å²) in [5, 5.41) is 0. The van der Waals surface area contributed by atoms with E-state index in [4.69, 9.17) is 10.5 Å². The number of aliphatic imine (C=N–C) groups is 1. The summed E-state index contributed by atoms with van der Waals surface area (Å²) in [4.78, 5) is 8.37. The molecule has 0 bridgehead atoms. The fourth-order valence-electron chi connectivity index (χ4n) is 3.57. The monoisotopic (exact) mass is 353 g/mol. The molecule has 6 heteroatoms. The lowest BCUT2D eigenvalue weighted by Crippen LogP contribution is -2.39. The lowest BCUT2D eigenvalue weighted by Gasteiger charge is -2.31. The van der Waals surface area contributed by atoms with Crippen molar-refractivity contribution in [2.45, 2.75) is 25.0 Å². The minimum atomic E-state index is -1.33. The van der Waals surface area contributed by atoms with Crippen molar-refractivity contribution in [1.29, 1.82) is 0 Å². The van der Waals surface area contributed by atoms with Gasteiger partial charge in [-0.1, -0.05) is 12.0 Å². The van der Waals surface area contributed by atoms with Gasteiger partial charge in [0.1, 0.15) is 24.1 Å². The summed E-state index contributed by atoms with van der Waals surface area (Å²) in [7, 11) is 0. The molecule has 1 aliphatic heterocycles. The van der Waals surface area contributed by atoms with Crippen LogP contribution in [-0.2, 0) is 10.3 Å². The molecule has 1 aliphatic carbocycles. The maximum Gasteiger partial charge on any atom is 0.283 e. The molecule has 0 radical (unpaired) electrons. The molecule has 0 spiro atoms. The molecule has 4 nitrogen and oxygen atoms in total. The Labute approximate surface area is 150 Å². The van der Waals surface area contributed by atoms with Crippen LogP contribution in [0.2, 0.25) is 0 Å². The van der Waals surface area contributed by atoms with E-state index in [1.54, 1.807) is 31.5 Å². The van der Waals surface area contributed by atoms with E-state index in [0.29, 0.717) is 6.42 Å². The molecule has 3 unspecified atom stereocenters. The summed E-state index contributed by atoms with van der Waals surface area (Å²) in [6.45, 7) is 0.908. The Morgan fingerprint density at radius 3 is 2.92 bits per heavy atom. The molecule has 132 valence electrons. The van der Waals surface area contributed by atoms with Crippen LogP contribution in [0.15, 0.2) is 41.7 Å². The molecule has 26 heavy (non-hydrogen) atoms. The van der Waals surface area contributed by atoms with E-state index in [2.05, 4.69) is 21.8 Å². The highest BCUT2D eigenvalue weighted by Crippen LogP contribution is 2.53. The minimum Gasteiger partial charge on any atom is -0.462 e. The topological polar surface area (TPSA) is 60.5 Å². The average molecular weight is 353 g/mol. The second kappa shape index (κ2) is 6.10. The second-order valence-corrected chi connectivity index (χ2v) is 6.54. The predicted octanol–water partition coefficient (Wildman–Crippen LogP) is 3.16. The molecule has 4 rings (SSSR count). The predicted molar refractivity (Wildman–Crippen MR) is 94.4 cm³/mol. The summed E-state index contributed by atoms with van der Waals surface area (Å²) in [5.74, 6) is 5.05.